The molecule has 2 N–H and O–H groups in total. The van der Waals surface area contributed by atoms with E-state index < -0.39 is 0 Å². The van der Waals surface area contributed by atoms with Gasteiger partial charge in [0, 0.05) is 23.7 Å². The van der Waals surface area contributed by atoms with Crippen molar-refractivity contribution in [3.63, 3.8) is 0 Å². The second kappa shape index (κ2) is 6.04. The predicted molar refractivity (Wildman–Crippen MR) is 91.0 cm³/mol. The van der Waals surface area contributed by atoms with Gasteiger partial charge >= 0.3 is 0 Å². The zero-order valence-electron chi connectivity index (χ0n) is 14.0. The molecule has 1 saturated carbocycles. The van der Waals surface area contributed by atoms with Gasteiger partial charge in [-0.2, -0.15) is 0 Å². The van der Waals surface area contributed by atoms with Crippen LogP contribution in [0.4, 0.5) is 5.69 Å². The van der Waals surface area contributed by atoms with E-state index in [0.29, 0.717) is 17.9 Å². The summed E-state index contributed by atoms with van der Waals surface area (Å²) in [7, 11) is 0. The van der Waals surface area contributed by atoms with Crippen molar-refractivity contribution in [2.75, 3.05) is 4.90 Å². The summed E-state index contributed by atoms with van der Waals surface area (Å²) in [6, 6.07) is 7.08. The van der Waals surface area contributed by atoms with Crippen molar-refractivity contribution < 1.29 is 4.79 Å². The third-order valence-corrected chi connectivity index (χ3v) is 4.80. The van der Waals surface area contributed by atoms with E-state index in [4.69, 9.17) is 5.73 Å². The van der Waals surface area contributed by atoms with Gasteiger partial charge in [-0.1, -0.05) is 26.0 Å². The summed E-state index contributed by atoms with van der Waals surface area (Å²) >= 11 is 0. The molecule has 1 aromatic rings. The Labute approximate surface area is 133 Å². The molecular formula is C19H28N2O. The lowest BCUT2D eigenvalue weighted by Crippen LogP contribution is -2.36. The first-order valence-electron chi connectivity index (χ1n) is 8.66. The Morgan fingerprint density at radius 3 is 2.73 bits per heavy atom. The average molecular weight is 300 g/mol. The lowest BCUT2D eigenvalue weighted by Gasteiger charge is -2.23. The van der Waals surface area contributed by atoms with E-state index in [9.17, 15) is 4.79 Å². The van der Waals surface area contributed by atoms with Crippen molar-refractivity contribution in [3.05, 3.63) is 29.3 Å². The fourth-order valence-corrected chi connectivity index (χ4v) is 3.67. The molecule has 22 heavy (non-hydrogen) atoms. The van der Waals surface area contributed by atoms with E-state index in [-0.39, 0.29) is 12.0 Å². The second-order valence-electron chi connectivity index (χ2n) is 7.59. The minimum Gasteiger partial charge on any atom is -0.327 e. The van der Waals surface area contributed by atoms with E-state index in [1.165, 1.54) is 11.1 Å². The number of fused-ring (bicyclic) bond motifs is 1. The highest BCUT2D eigenvalue weighted by atomic mass is 16.2. The number of rotatable bonds is 5. The summed E-state index contributed by atoms with van der Waals surface area (Å²) in [6.45, 7) is 6.58. The zero-order chi connectivity index (χ0) is 15.9. The molecule has 1 fully saturated rings. The molecule has 3 nitrogen and oxygen atoms in total. The van der Waals surface area contributed by atoms with Crippen molar-refractivity contribution in [2.24, 2.45) is 17.6 Å². The third kappa shape index (κ3) is 3.19. The summed E-state index contributed by atoms with van der Waals surface area (Å²) in [5.74, 6) is 1.25. The van der Waals surface area contributed by atoms with Gasteiger partial charge in [-0.15, -0.1) is 0 Å². The number of amides is 1. The SMILES string of the molecule is CC(C)CC(N)Cc1ccc2c(c1)CC(C)N2C(=O)C1CC1. The Kier molecular flexibility index (Phi) is 4.26. The van der Waals surface area contributed by atoms with Gasteiger partial charge in [-0.3, -0.25) is 4.79 Å². The van der Waals surface area contributed by atoms with Crippen LogP contribution in [0, 0.1) is 11.8 Å². The lowest BCUT2D eigenvalue weighted by atomic mass is 9.96. The zero-order valence-corrected chi connectivity index (χ0v) is 14.0. The van der Waals surface area contributed by atoms with Crippen LogP contribution in [0.25, 0.3) is 0 Å². The van der Waals surface area contributed by atoms with Gasteiger partial charge in [0.25, 0.3) is 0 Å². The van der Waals surface area contributed by atoms with Crippen LogP contribution in [0.5, 0.6) is 0 Å². The molecule has 1 heterocycles. The Morgan fingerprint density at radius 2 is 2.09 bits per heavy atom. The molecule has 3 heteroatoms. The molecule has 1 aliphatic heterocycles. The molecule has 2 atom stereocenters. The Morgan fingerprint density at radius 1 is 1.36 bits per heavy atom. The van der Waals surface area contributed by atoms with Crippen LogP contribution in [0.1, 0.15) is 51.2 Å². The maximum atomic E-state index is 12.5. The maximum absolute atomic E-state index is 12.5. The Bertz CT molecular complexity index is 563. The molecular weight excluding hydrogens is 272 g/mol. The molecule has 1 aromatic carbocycles. The molecule has 3 rings (SSSR count). The largest absolute Gasteiger partial charge is 0.327 e. The Hall–Kier alpha value is -1.35. The number of nitrogens with zero attached hydrogens (tertiary/aromatic N) is 1. The van der Waals surface area contributed by atoms with E-state index in [0.717, 1.165) is 37.8 Å². The smallest absolute Gasteiger partial charge is 0.230 e. The summed E-state index contributed by atoms with van der Waals surface area (Å²) in [6.07, 6.45) is 5.09. The van der Waals surface area contributed by atoms with E-state index in [1.807, 2.05) is 4.90 Å². The average Bonchev–Trinajstić information content (AvgIpc) is 3.20. The van der Waals surface area contributed by atoms with Crippen LogP contribution >= 0.6 is 0 Å². The minimum atomic E-state index is 0.223. The molecule has 0 radical (unpaired) electrons. The van der Waals surface area contributed by atoms with Crippen molar-refractivity contribution in [1.29, 1.82) is 0 Å². The summed E-state index contributed by atoms with van der Waals surface area (Å²) < 4.78 is 0. The van der Waals surface area contributed by atoms with Crippen molar-refractivity contribution in [1.82, 2.24) is 0 Å². The number of hydrogen-bond donors (Lipinski definition) is 1. The van der Waals surface area contributed by atoms with Crippen LogP contribution in [0.15, 0.2) is 18.2 Å². The Balaban J connectivity index is 1.74. The van der Waals surface area contributed by atoms with Gasteiger partial charge in [0.2, 0.25) is 5.91 Å². The molecule has 0 bridgehead atoms. The maximum Gasteiger partial charge on any atom is 0.230 e. The van der Waals surface area contributed by atoms with Gasteiger partial charge in [0.1, 0.15) is 0 Å². The standard InChI is InChI=1S/C19H28N2O/c1-12(2)8-17(20)11-14-4-7-18-16(10-14)9-13(3)21(18)19(22)15-5-6-15/h4,7,10,12-13,15,17H,5-6,8-9,11,20H2,1-3H3. The molecule has 0 saturated heterocycles. The van der Waals surface area contributed by atoms with E-state index in [1.54, 1.807) is 0 Å². The fourth-order valence-electron chi connectivity index (χ4n) is 3.67. The molecule has 0 spiro atoms. The molecule has 2 aliphatic rings. The van der Waals surface area contributed by atoms with Gasteiger partial charge in [-0.05, 0) is 62.1 Å². The topological polar surface area (TPSA) is 46.3 Å². The summed E-state index contributed by atoms with van der Waals surface area (Å²) in [5, 5.41) is 0. The van der Waals surface area contributed by atoms with Crippen LogP contribution < -0.4 is 10.6 Å². The number of carbonyl (C=O) groups excluding carboxylic acids is 1. The molecule has 1 amide bonds. The molecule has 120 valence electrons. The summed E-state index contributed by atoms with van der Waals surface area (Å²) in [4.78, 5) is 14.5. The number of anilines is 1. The van der Waals surface area contributed by atoms with Gasteiger partial charge in [0.05, 0.1) is 0 Å². The van der Waals surface area contributed by atoms with E-state index in [2.05, 4.69) is 39.0 Å². The highest BCUT2D eigenvalue weighted by Crippen LogP contribution is 2.39. The second-order valence-corrected chi connectivity index (χ2v) is 7.59. The highest BCUT2D eigenvalue weighted by molar-refractivity contribution is 5.98. The minimum absolute atomic E-state index is 0.223. The number of benzene rings is 1. The first-order valence-corrected chi connectivity index (χ1v) is 8.66. The van der Waals surface area contributed by atoms with E-state index >= 15 is 0 Å². The monoisotopic (exact) mass is 300 g/mol. The van der Waals surface area contributed by atoms with Crippen molar-refractivity contribution >= 4 is 11.6 Å². The molecule has 2 unspecified atom stereocenters. The van der Waals surface area contributed by atoms with Crippen molar-refractivity contribution in [3.8, 4) is 0 Å². The first-order chi connectivity index (χ1) is 10.5. The van der Waals surface area contributed by atoms with Gasteiger partial charge in [-0.25, -0.2) is 0 Å². The quantitative estimate of drug-likeness (QED) is 0.907. The predicted octanol–water partition coefficient (Wildman–Crippen LogP) is 3.29. The van der Waals surface area contributed by atoms with Crippen LogP contribution in [0.2, 0.25) is 0 Å². The van der Waals surface area contributed by atoms with Gasteiger partial charge in [0.15, 0.2) is 0 Å². The number of carbonyl (C=O) groups is 1. The fraction of sp³-hybridized carbons (Fsp3) is 0.632. The summed E-state index contributed by atoms with van der Waals surface area (Å²) in [5.41, 5.74) is 9.99. The first kappa shape index (κ1) is 15.5. The normalized spacial score (nSPS) is 22.0. The highest BCUT2D eigenvalue weighted by Gasteiger charge is 2.39. The van der Waals surface area contributed by atoms with Crippen LogP contribution in [-0.2, 0) is 17.6 Å². The van der Waals surface area contributed by atoms with Crippen LogP contribution in [0.3, 0.4) is 0 Å². The number of hydrogen-bond acceptors (Lipinski definition) is 2. The van der Waals surface area contributed by atoms with Crippen molar-refractivity contribution in [2.45, 2.75) is 65.0 Å². The molecule has 1 aliphatic carbocycles. The van der Waals surface area contributed by atoms with Gasteiger partial charge < -0.3 is 10.6 Å². The molecule has 0 aromatic heterocycles. The third-order valence-electron chi connectivity index (χ3n) is 4.80. The van der Waals surface area contributed by atoms with Crippen LogP contribution in [-0.4, -0.2) is 18.0 Å². The number of nitrogens with two attached hydrogens (primary N) is 1. The lowest BCUT2D eigenvalue weighted by molar-refractivity contribution is -0.120.